The molecule has 0 radical (unpaired) electrons. The van der Waals surface area contributed by atoms with Crippen LogP contribution >= 0.6 is 0 Å². The minimum Gasteiger partial charge on any atom is -1.00 e. The van der Waals surface area contributed by atoms with Crippen LogP contribution in [0.1, 0.15) is 37.6 Å². The van der Waals surface area contributed by atoms with Crippen molar-refractivity contribution < 1.29 is 32.3 Å². The number of nitrogens with zero attached hydrogens (tertiary/aromatic N) is 3. The van der Waals surface area contributed by atoms with Gasteiger partial charge in [-0.15, -0.1) is 5.10 Å². The van der Waals surface area contributed by atoms with E-state index in [-0.39, 0.29) is 37.1 Å². The van der Waals surface area contributed by atoms with Crippen LogP contribution in [0.25, 0.3) is 16.9 Å². The zero-order valence-corrected chi connectivity index (χ0v) is 17.2. The van der Waals surface area contributed by atoms with Gasteiger partial charge < -0.3 is 27.5 Å². The lowest BCUT2D eigenvalue weighted by atomic mass is 10.1. The molecule has 1 aromatic heterocycles. The maximum absolute atomic E-state index is 12.3. The third kappa shape index (κ3) is 6.05. The standard InChI is InChI=1S/C21H24N4O3.CH4.ClH/c1-3-24(2)12-4-5-19(26)15-6-9-17(10-7-15)25-14-18(22-23-25)16-8-11-20(27)21(28)13-16;;/h6-11,13-14,27-28H,3-5,12H2,1-2H3;1H4;1H. The topological polar surface area (TPSA) is 92.7 Å². The number of phenolic OH excluding ortho intramolecular Hbond substituents is 2. The highest BCUT2D eigenvalue weighted by molar-refractivity contribution is 5.96. The van der Waals surface area contributed by atoms with Gasteiger partial charge in [0.15, 0.2) is 17.3 Å². The third-order valence-corrected chi connectivity index (χ3v) is 4.83. The Morgan fingerprint density at radius 3 is 2.43 bits per heavy atom. The average molecular weight is 433 g/mol. The first kappa shape index (κ1) is 25.1. The van der Waals surface area contributed by atoms with Crippen molar-refractivity contribution in [1.29, 1.82) is 0 Å². The molecule has 0 aliphatic carbocycles. The van der Waals surface area contributed by atoms with Crippen molar-refractivity contribution in [2.45, 2.75) is 27.2 Å². The van der Waals surface area contributed by atoms with E-state index in [0.29, 0.717) is 23.2 Å². The maximum atomic E-state index is 12.3. The number of phenols is 2. The normalized spacial score (nSPS) is 11.3. The summed E-state index contributed by atoms with van der Waals surface area (Å²) in [6.45, 7) is 4.19. The molecule has 0 fully saturated rings. The Hall–Kier alpha value is -2.90. The van der Waals surface area contributed by atoms with E-state index < -0.39 is 0 Å². The van der Waals surface area contributed by atoms with Gasteiger partial charge in [-0.2, -0.15) is 0 Å². The Morgan fingerprint density at radius 1 is 1.10 bits per heavy atom. The number of rotatable bonds is 8. The largest absolute Gasteiger partial charge is 1.00 e. The molecule has 162 valence electrons. The quantitative estimate of drug-likeness (QED) is 0.329. The fourth-order valence-corrected chi connectivity index (χ4v) is 2.88. The van der Waals surface area contributed by atoms with Gasteiger partial charge in [0.25, 0.3) is 0 Å². The van der Waals surface area contributed by atoms with Crippen molar-refractivity contribution in [3.63, 3.8) is 0 Å². The molecule has 0 saturated heterocycles. The summed E-state index contributed by atoms with van der Waals surface area (Å²) in [5.41, 5.74) is 2.70. The fraction of sp³-hybridized carbons (Fsp3) is 0.318. The van der Waals surface area contributed by atoms with Crippen LogP contribution in [-0.2, 0) is 0 Å². The van der Waals surface area contributed by atoms with Gasteiger partial charge in [-0.25, -0.2) is 4.68 Å². The molecular formula is C22H29ClN4O3. The van der Waals surface area contributed by atoms with Crippen molar-refractivity contribution >= 4 is 5.78 Å². The van der Waals surface area contributed by atoms with Crippen molar-refractivity contribution in [1.82, 2.24) is 15.0 Å². The SMILES string of the molecule is C.CC[NH+](C)CCCC(=O)c1ccc(-n2cc(-c3ccc(O)c(O)c3)nn2)cc1.[Cl-]. The Morgan fingerprint density at radius 2 is 1.80 bits per heavy atom. The Labute approximate surface area is 183 Å². The van der Waals surface area contributed by atoms with Crippen LogP contribution < -0.4 is 17.3 Å². The Kier molecular flexibility index (Phi) is 9.49. The second kappa shape index (κ2) is 11.3. The first-order chi connectivity index (χ1) is 13.5. The van der Waals surface area contributed by atoms with E-state index in [2.05, 4.69) is 24.3 Å². The number of halogens is 1. The van der Waals surface area contributed by atoms with Crippen LogP contribution in [0, 0.1) is 0 Å². The lowest BCUT2D eigenvalue weighted by Crippen LogP contribution is -3.08. The summed E-state index contributed by atoms with van der Waals surface area (Å²) in [5, 5.41) is 27.3. The molecular weight excluding hydrogens is 404 g/mol. The van der Waals surface area contributed by atoms with Crippen molar-refractivity contribution in [3.8, 4) is 28.4 Å². The van der Waals surface area contributed by atoms with Crippen LogP contribution in [0.15, 0.2) is 48.7 Å². The molecule has 3 aromatic rings. The van der Waals surface area contributed by atoms with E-state index in [4.69, 9.17) is 0 Å². The summed E-state index contributed by atoms with van der Waals surface area (Å²) >= 11 is 0. The maximum Gasteiger partial charge on any atom is 0.163 e. The molecule has 1 atom stereocenters. The Balaban J connectivity index is 0.00000225. The zero-order chi connectivity index (χ0) is 20.1. The number of aromatic hydroxyl groups is 2. The molecule has 3 N–H and O–H groups in total. The van der Waals surface area contributed by atoms with Crippen molar-refractivity contribution in [3.05, 3.63) is 54.2 Å². The highest BCUT2D eigenvalue weighted by atomic mass is 35.5. The number of aromatic nitrogens is 3. The second-order valence-corrected chi connectivity index (χ2v) is 6.89. The number of carbonyl (C=O) groups excluding carboxylic acids is 1. The summed E-state index contributed by atoms with van der Waals surface area (Å²) in [5.74, 6) is -0.241. The van der Waals surface area contributed by atoms with E-state index in [9.17, 15) is 15.0 Å². The first-order valence-electron chi connectivity index (χ1n) is 9.37. The Bertz CT molecular complexity index is 957. The summed E-state index contributed by atoms with van der Waals surface area (Å²) in [7, 11) is 2.13. The molecule has 0 aliphatic heterocycles. The molecule has 2 aromatic carbocycles. The van der Waals surface area contributed by atoms with Crippen LogP contribution in [-0.4, -0.2) is 51.1 Å². The van der Waals surface area contributed by atoms with Gasteiger partial charge >= 0.3 is 0 Å². The molecule has 0 amide bonds. The summed E-state index contributed by atoms with van der Waals surface area (Å²) in [6.07, 6.45) is 3.16. The molecule has 8 heteroatoms. The lowest BCUT2D eigenvalue weighted by Gasteiger charge is -2.10. The van der Waals surface area contributed by atoms with E-state index in [0.717, 1.165) is 25.2 Å². The summed E-state index contributed by atoms with van der Waals surface area (Å²) < 4.78 is 1.60. The van der Waals surface area contributed by atoms with Gasteiger partial charge in [0.2, 0.25) is 0 Å². The summed E-state index contributed by atoms with van der Waals surface area (Å²) in [4.78, 5) is 13.7. The highest BCUT2D eigenvalue weighted by Gasteiger charge is 2.10. The number of quaternary nitrogens is 1. The van der Waals surface area contributed by atoms with Crippen LogP contribution in [0.5, 0.6) is 11.5 Å². The van der Waals surface area contributed by atoms with E-state index in [1.54, 1.807) is 16.9 Å². The summed E-state index contributed by atoms with van der Waals surface area (Å²) in [6, 6.07) is 11.8. The molecule has 0 bridgehead atoms. The van der Waals surface area contributed by atoms with E-state index >= 15 is 0 Å². The molecule has 1 unspecified atom stereocenters. The number of Topliss-reactive ketones (excluding diaryl/α,β-unsaturated/α-hetero) is 1. The molecule has 7 nitrogen and oxygen atoms in total. The van der Waals surface area contributed by atoms with Crippen LogP contribution in [0.4, 0.5) is 0 Å². The molecule has 1 heterocycles. The van der Waals surface area contributed by atoms with Crippen molar-refractivity contribution in [2.75, 3.05) is 20.1 Å². The molecule has 30 heavy (non-hydrogen) atoms. The zero-order valence-electron chi connectivity index (χ0n) is 16.5. The first-order valence-corrected chi connectivity index (χ1v) is 9.37. The van der Waals surface area contributed by atoms with Crippen molar-refractivity contribution in [2.24, 2.45) is 0 Å². The minimum absolute atomic E-state index is 0. The van der Waals surface area contributed by atoms with Crippen LogP contribution in [0.3, 0.4) is 0 Å². The monoisotopic (exact) mass is 432 g/mol. The lowest BCUT2D eigenvalue weighted by molar-refractivity contribution is -0.877. The number of ketones is 1. The number of benzene rings is 2. The molecule has 0 aliphatic rings. The number of hydrogen-bond donors (Lipinski definition) is 3. The van der Waals surface area contributed by atoms with Gasteiger partial charge in [-0.3, -0.25) is 4.79 Å². The highest BCUT2D eigenvalue weighted by Crippen LogP contribution is 2.29. The molecule has 0 saturated carbocycles. The average Bonchev–Trinajstić information content (AvgIpc) is 3.20. The van der Waals surface area contributed by atoms with Gasteiger partial charge in [-0.1, -0.05) is 12.6 Å². The predicted octanol–water partition coefficient (Wildman–Crippen LogP) is -0.517. The van der Waals surface area contributed by atoms with Crippen LogP contribution in [0.2, 0.25) is 0 Å². The minimum atomic E-state index is -0.207. The molecule has 3 rings (SSSR count). The van der Waals surface area contributed by atoms with E-state index in [1.807, 2.05) is 24.3 Å². The smallest absolute Gasteiger partial charge is 0.163 e. The number of hydrogen-bond acceptors (Lipinski definition) is 5. The fourth-order valence-electron chi connectivity index (χ4n) is 2.88. The number of carbonyl (C=O) groups is 1. The third-order valence-electron chi connectivity index (χ3n) is 4.83. The molecule has 0 spiro atoms. The van der Waals surface area contributed by atoms with E-state index in [1.165, 1.54) is 17.0 Å². The van der Waals surface area contributed by atoms with Gasteiger partial charge in [-0.05, 0) is 49.4 Å². The number of nitrogens with one attached hydrogen (secondary N) is 1. The van der Waals surface area contributed by atoms with Gasteiger partial charge in [0, 0.05) is 24.0 Å². The van der Waals surface area contributed by atoms with Gasteiger partial charge in [0.1, 0.15) is 5.69 Å². The second-order valence-electron chi connectivity index (χ2n) is 6.89. The van der Waals surface area contributed by atoms with Gasteiger partial charge in [0.05, 0.1) is 32.0 Å². The predicted molar refractivity (Wildman–Crippen MR) is 113 cm³/mol.